The van der Waals surface area contributed by atoms with Gasteiger partial charge in [0.05, 0.1) is 30.7 Å². The number of aromatic nitrogens is 2. The van der Waals surface area contributed by atoms with Gasteiger partial charge in [-0.25, -0.2) is 9.59 Å². The van der Waals surface area contributed by atoms with Crippen molar-refractivity contribution in [2.45, 2.75) is 26.0 Å². The number of rotatable bonds is 5. The zero-order valence-electron chi connectivity index (χ0n) is 10.7. The molecule has 2 amide bonds. The normalized spacial score (nSPS) is 13.4. The largest absolute Gasteiger partial charge is 0.479 e. The summed E-state index contributed by atoms with van der Waals surface area (Å²) in [6, 6.07) is -0.594. The number of urea groups is 1. The molecule has 1 heterocycles. The molecule has 1 unspecified atom stereocenters. The Morgan fingerprint density at radius 2 is 2.00 bits per heavy atom. The standard InChI is InChI=1S/C11H16N4O4/c1-7-3-13-8(4-12-7)5-14-10(18)15-6-11(2,19)9(16)17/h3-4,19H,5-6H2,1-2H3,(H,16,17)(H2,14,15,18). The van der Waals surface area contributed by atoms with Gasteiger partial charge in [-0.15, -0.1) is 0 Å². The van der Waals surface area contributed by atoms with E-state index in [1.54, 1.807) is 13.1 Å². The van der Waals surface area contributed by atoms with Crippen molar-refractivity contribution in [1.82, 2.24) is 20.6 Å². The summed E-state index contributed by atoms with van der Waals surface area (Å²) < 4.78 is 0. The van der Waals surface area contributed by atoms with Gasteiger partial charge in [0.15, 0.2) is 5.60 Å². The summed E-state index contributed by atoms with van der Waals surface area (Å²) in [5.41, 5.74) is -0.655. The summed E-state index contributed by atoms with van der Waals surface area (Å²) in [5.74, 6) is -1.41. The number of nitrogens with one attached hydrogen (secondary N) is 2. The Balaban J connectivity index is 2.36. The minimum Gasteiger partial charge on any atom is -0.479 e. The highest BCUT2D eigenvalue weighted by molar-refractivity contribution is 5.79. The van der Waals surface area contributed by atoms with Crippen LogP contribution in [0.4, 0.5) is 4.79 Å². The molecule has 1 atom stereocenters. The van der Waals surface area contributed by atoms with Gasteiger partial charge in [0, 0.05) is 6.20 Å². The number of carbonyl (C=O) groups is 2. The molecule has 8 heteroatoms. The van der Waals surface area contributed by atoms with Gasteiger partial charge >= 0.3 is 12.0 Å². The molecule has 19 heavy (non-hydrogen) atoms. The van der Waals surface area contributed by atoms with Crippen LogP contribution in [0.15, 0.2) is 12.4 Å². The summed E-state index contributed by atoms with van der Waals surface area (Å²) >= 11 is 0. The molecule has 1 rings (SSSR count). The molecule has 0 aromatic carbocycles. The quantitative estimate of drug-likeness (QED) is 0.566. The first-order valence-corrected chi connectivity index (χ1v) is 5.56. The van der Waals surface area contributed by atoms with Crippen LogP contribution in [-0.2, 0) is 11.3 Å². The SMILES string of the molecule is Cc1cnc(CNC(=O)NCC(C)(O)C(=O)O)cn1. The molecular weight excluding hydrogens is 252 g/mol. The first kappa shape index (κ1) is 14.8. The van der Waals surface area contributed by atoms with Crippen LogP contribution < -0.4 is 10.6 Å². The van der Waals surface area contributed by atoms with Crippen LogP contribution in [0.1, 0.15) is 18.3 Å². The number of carbonyl (C=O) groups excluding carboxylic acids is 1. The minimum atomic E-state index is -2.00. The van der Waals surface area contributed by atoms with E-state index in [9.17, 15) is 14.7 Å². The highest BCUT2D eigenvalue weighted by Gasteiger charge is 2.30. The van der Waals surface area contributed by atoms with E-state index in [4.69, 9.17) is 5.11 Å². The van der Waals surface area contributed by atoms with Gasteiger partial charge in [-0.3, -0.25) is 9.97 Å². The van der Waals surface area contributed by atoms with Crippen molar-refractivity contribution in [3.05, 3.63) is 23.8 Å². The molecule has 0 aliphatic rings. The first-order chi connectivity index (χ1) is 8.81. The molecule has 0 saturated heterocycles. The lowest BCUT2D eigenvalue weighted by Gasteiger charge is -2.18. The summed E-state index contributed by atoms with van der Waals surface area (Å²) in [7, 11) is 0. The molecule has 0 aliphatic heterocycles. The van der Waals surface area contributed by atoms with E-state index in [0.717, 1.165) is 12.6 Å². The van der Waals surface area contributed by atoms with E-state index in [1.807, 2.05) is 0 Å². The van der Waals surface area contributed by atoms with E-state index in [-0.39, 0.29) is 6.54 Å². The Morgan fingerprint density at radius 1 is 1.32 bits per heavy atom. The third-order valence-corrected chi connectivity index (χ3v) is 2.32. The molecule has 0 spiro atoms. The highest BCUT2D eigenvalue weighted by Crippen LogP contribution is 2.00. The number of aryl methyl sites for hydroxylation is 1. The third-order valence-electron chi connectivity index (χ3n) is 2.32. The van der Waals surface area contributed by atoms with Crippen LogP contribution in [0.2, 0.25) is 0 Å². The number of carboxylic acids is 1. The van der Waals surface area contributed by atoms with Crippen LogP contribution in [0.25, 0.3) is 0 Å². The van der Waals surface area contributed by atoms with Crippen LogP contribution in [0.5, 0.6) is 0 Å². The number of hydrogen-bond acceptors (Lipinski definition) is 5. The molecule has 8 nitrogen and oxygen atoms in total. The molecule has 1 aromatic heterocycles. The second-order valence-corrected chi connectivity index (χ2v) is 4.26. The monoisotopic (exact) mass is 268 g/mol. The Labute approximate surface area is 109 Å². The fourth-order valence-corrected chi connectivity index (χ4v) is 1.07. The zero-order chi connectivity index (χ0) is 14.5. The molecule has 4 N–H and O–H groups in total. The Kier molecular flexibility index (Phi) is 4.76. The highest BCUT2D eigenvalue weighted by atomic mass is 16.4. The smallest absolute Gasteiger partial charge is 0.337 e. The summed E-state index contributed by atoms with van der Waals surface area (Å²) in [6.07, 6.45) is 3.10. The van der Waals surface area contributed by atoms with Gasteiger partial charge in [0.1, 0.15) is 0 Å². The first-order valence-electron chi connectivity index (χ1n) is 5.56. The molecule has 0 aliphatic carbocycles. The number of nitrogens with zero attached hydrogens (tertiary/aromatic N) is 2. The van der Waals surface area contributed by atoms with E-state index < -0.39 is 24.1 Å². The minimum absolute atomic E-state index is 0.161. The summed E-state index contributed by atoms with van der Waals surface area (Å²) in [6.45, 7) is 2.66. The Bertz CT molecular complexity index is 458. The predicted molar refractivity (Wildman–Crippen MR) is 65.3 cm³/mol. The van der Waals surface area contributed by atoms with Crippen molar-refractivity contribution < 1.29 is 19.8 Å². The maximum atomic E-state index is 11.4. The van der Waals surface area contributed by atoms with Gasteiger partial charge in [-0.1, -0.05) is 0 Å². The van der Waals surface area contributed by atoms with Gasteiger partial charge in [-0.05, 0) is 13.8 Å². The van der Waals surface area contributed by atoms with Gasteiger partial charge in [-0.2, -0.15) is 0 Å². The van der Waals surface area contributed by atoms with Crippen LogP contribution in [-0.4, -0.2) is 44.3 Å². The van der Waals surface area contributed by atoms with E-state index in [0.29, 0.717) is 5.69 Å². The fraction of sp³-hybridized carbons (Fsp3) is 0.455. The van der Waals surface area contributed by atoms with Crippen LogP contribution in [0, 0.1) is 6.92 Å². The molecule has 0 saturated carbocycles. The molecule has 1 aromatic rings. The molecular formula is C11H16N4O4. The zero-order valence-corrected chi connectivity index (χ0v) is 10.7. The summed E-state index contributed by atoms with van der Waals surface area (Å²) in [5, 5.41) is 22.8. The van der Waals surface area contributed by atoms with Crippen LogP contribution >= 0.6 is 0 Å². The number of hydrogen-bond donors (Lipinski definition) is 4. The van der Waals surface area contributed by atoms with E-state index in [1.165, 1.54) is 6.20 Å². The lowest BCUT2D eigenvalue weighted by atomic mass is 10.1. The lowest BCUT2D eigenvalue weighted by Crippen LogP contribution is -2.49. The van der Waals surface area contributed by atoms with Crippen molar-refractivity contribution in [1.29, 1.82) is 0 Å². The van der Waals surface area contributed by atoms with Crippen molar-refractivity contribution in [2.24, 2.45) is 0 Å². The van der Waals surface area contributed by atoms with Crippen LogP contribution in [0.3, 0.4) is 0 Å². The van der Waals surface area contributed by atoms with Crippen molar-refractivity contribution in [2.75, 3.05) is 6.54 Å². The lowest BCUT2D eigenvalue weighted by molar-refractivity contribution is -0.155. The van der Waals surface area contributed by atoms with Gasteiger partial charge in [0.25, 0.3) is 0 Å². The Hall–Kier alpha value is -2.22. The maximum Gasteiger partial charge on any atom is 0.337 e. The molecule has 104 valence electrons. The maximum absolute atomic E-state index is 11.4. The van der Waals surface area contributed by atoms with E-state index >= 15 is 0 Å². The number of aliphatic hydroxyl groups is 1. The van der Waals surface area contributed by atoms with E-state index in [2.05, 4.69) is 20.6 Å². The number of aliphatic carboxylic acids is 1. The average molecular weight is 268 g/mol. The number of amides is 2. The average Bonchev–Trinajstić information content (AvgIpc) is 2.35. The molecule has 0 fully saturated rings. The van der Waals surface area contributed by atoms with Crippen molar-refractivity contribution >= 4 is 12.0 Å². The predicted octanol–water partition coefficient (Wildman–Crippen LogP) is -0.580. The fourth-order valence-electron chi connectivity index (χ4n) is 1.07. The van der Waals surface area contributed by atoms with Crippen molar-refractivity contribution in [3.63, 3.8) is 0 Å². The second kappa shape index (κ2) is 6.10. The summed E-state index contributed by atoms with van der Waals surface area (Å²) in [4.78, 5) is 30.0. The van der Waals surface area contributed by atoms with Crippen molar-refractivity contribution in [3.8, 4) is 0 Å². The molecule has 0 radical (unpaired) electrons. The topological polar surface area (TPSA) is 124 Å². The third kappa shape index (κ3) is 4.88. The molecule has 0 bridgehead atoms. The van der Waals surface area contributed by atoms with Gasteiger partial charge < -0.3 is 20.8 Å². The Morgan fingerprint density at radius 3 is 2.53 bits per heavy atom. The van der Waals surface area contributed by atoms with Gasteiger partial charge in [0.2, 0.25) is 0 Å². The second-order valence-electron chi connectivity index (χ2n) is 4.26. The number of carboxylic acid groups (broad SMARTS) is 1.